The van der Waals surface area contributed by atoms with Gasteiger partial charge >= 0.3 is 0 Å². The van der Waals surface area contributed by atoms with Crippen LogP contribution in [0, 0.1) is 0 Å². The normalized spacial score (nSPS) is 15.3. The van der Waals surface area contributed by atoms with Crippen molar-refractivity contribution in [3.8, 4) is 11.5 Å². The van der Waals surface area contributed by atoms with Crippen molar-refractivity contribution in [2.75, 3.05) is 12.7 Å². The number of ether oxygens (including phenoxy) is 2. The summed E-state index contributed by atoms with van der Waals surface area (Å²) in [6.45, 7) is 1.79. The van der Waals surface area contributed by atoms with Crippen molar-refractivity contribution in [1.29, 1.82) is 0 Å². The summed E-state index contributed by atoms with van der Waals surface area (Å²) in [5.74, 6) is 1.44. The highest BCUT2D eigenvalue weighted by Gasteiger charge is 2.27. The molecule has 0 amide bonds. The van der Waals surface area contributed by atoms with Gasteiger partial charge in [0.1, 0.15) is 0 Å². The Morgan fingerprint density at radius 2 is 2.05 bits per heavy atom. The van der Waals surface area contributed by atoms with E-state index >= 15 is 0 Å². The Bertz CT molecular complexity index is 791. The van der Waals surface area contributed by atoms with Crippen LogP contribution in [0.5, 0.6) is 11.5 Å². The lowest BCUT2D eigenvalue weighted by molar-refractivity contribution is 0.174. The van der Waals surface area contributed by atoms with E-state index in [2.05, 4.69) is 4.98 Å². The number of benzene rings is 1. The van der Waals surface area contributed by atoms with Gasteiger partial charge in [0.15, 0.2) is 26.4 Å². The van der Waals surface area contributed by atoms with Crippen molar-refractivity contribution in [3.05, 3.63) is 24.4 Å². The highest BCUT2D eigenvalue weighted by molar-refractivity contribution is 7.92. The molecule has 1 aliphatic rings. The zero-order valence-corrected chi connectivity index (χ0v) is 12.9. The van der Waals surface area contributed by atoms with Gasteiger partial charge in [0, 0.05) is 17.5 Å². The van der Waals surface area contributed by atoms with Crippen LogP contribution in [0.15, 0.2) is 29.4 Å². The van der Waals surface area contributed by atoms with Gasteiger partial charge < -0.3 is 9.47 Å². The van der Waals surface area contributed by atoms with Gasteiger partial charge in [-0.3, -0.25) is 0 Å². The number of nitrogens with zero attached hydrogens (tertiary/aromatic N) is 1. The van der Waals surface area contributed by atoms with E-state index in [1.54, 1.807) is 25.1 Å². The standard InChI is InChI=1S/C14H14ClNO4S/c1-9(2-4-15)21(17,18)14-11-7-13-12(19-8-20-13)6-10(11)3-5-16-14/h3,5-7,9H,2,4,8H2,1H3. The van der Waals surface area contributed by atoms with Crippen LogP contribution in [0.3, 0.4) is 0 Å². The fraction of sp³-hybridized carbons (Fsp3) is 0.357. The third-order valence-corrected chi connectivity index (χ3v) is 5.91. The molecule has 2 aromatic rings. The lowest BCUT2D eigenvalue weighted by atomic mass is 10.1. The van der Waals surface area contributed by atoms with E-state index in [-0.39, 0.29) is 17.7 Å². The molecule has 1 atom stereocenters. The summed E-state index contributed by atoms with van der Waals surface area (Å²) >= 11 is 5.66. The van der Waals surface area contributed by atoms with Gasteiger partial charge in [-0.2, -0.15) is 0 Å². The second kappa shape index (κ2) is 5.35. The monoisotopic (exact) mass is 327 g/mol. The molecule has 0 saturated heterocycles. The minimum absolute atomic E-state index is 0.0657. The first-order valence-corrected chi connectivity index (χ1v) is 8.60. The molecule has 0 saturated carbocycles. The van der Waals surface area contributed by atoms with E-state index in [1.807, 2.05) is 0 Å². The molecule has 3 rings (SSSR count). The summed E-state index contributed by atoms with van der Waals surface area (Å²) in [5, 5.41) is 0.781. The maximum atomic E-state index is 12.6. The molecule has 7 heteroatoms. The third kappa shape index (κ3) is 2.42. The summed E-state index contributed by atoms with van der Waals surface area (Å²) in [4.78, 5) is 4.08. The molecule has 0 bridgehead atoms. The molecule has 1 aliphatic heterocycles. The average Bonchev–Trinajstić information content (AvgIpc) is 2.91. The molecule has 2 heterocycles. The first kappa shape index (κ1) is 14.4. The van der Waals surface area contributed by atoms with Crippen LogP contribution in [-0.2, 0) is 9.84 Å². The predicted octanol–water partition coefficient (Wildman–Crippen LogP) is 2.75. The summed E-state index contributed by atoms with van der Waals surface area (Å²) in [6.07, 6.45) is 1.87. The molecular formula is C14H14ClNO4S. The van der Waals surface area contributed by atoms with Crippen LogP contribution in [0.1, 0.15) is 13.3 Å². The maximum absolute atomic E-state index is 12.6. The summed E-state index contributed by atoms with van der Waals surface area (Å²) in [7, 11) is -3.54. The van der Waals surface area contributed by atoms with Crippen molar-refractivity contribution < 1.29 is 17.9 Å². The van der Waals surface area contributed by atoms with E-state index in [4.69, 9.17) is 21.1 Å². The summed E-state index contributed by atoms with van der Waals surface area (Å²) in [5.41, 5.74) is 0. The predicted molar refractivity (Wildman–Crippen MR) is 79.9 cm³/mol. The molecule has 0 aliphatic carbocycles. The Labute approximate surface area is 127 Å². The summed E-state index contributed by atoms with van der Waals surface area (Å²) < 4.78 is 35.9. The fourth-order valence-corrected chi connectivity index (χ4v) is 4.22. The molecule has 21 heavy (non-hydrogen) atoms. The lowest BCUT2D eigenvalue weighted by Gasteiger charge is -2.13. The molecule has 112 valence electrons. The number of hydrogen-bond acceptors (Lipinski definition) is 5. The molecule has 5 nitrogen and oxygen atoms in total. The zero-order valence-electron chi connectivity index (χ0n) is 11.4. The van der Waals surface area contributed by atoms with Crippen molar-refractivity contribution in [2.45, 2.75) is 23.6 Å². The van der Waals surface area contributed by atoms with Gasteiger partial charge in [0.25, 0.3) is 0 Å². The van der Waals surface area contributed by atoms with E-state index in [1.165, 1.54) is 6.20 Å². The van der Waals surface area contributed by atoms with Crippen LogP contribution in [0.4, 0.5) is 0 Å². The number of pyridine rings is 1. The second-order valence-electron chi connectivity index (χ2n) is 4.88. The SMILES string of the molecule is CC(CCCl)S(=O)(=O)c1nccc2cc3c(cc12)OCO3. The minimum Gasteiger partial charge on any atom is -0.454 e. The van der Waals surface area contributed by atoms with E-state index in [0.717, 1.165) is 5.39 Å². The Morgan fingerprint density at radius 3 is 2.76 bits per heavy atom. The molecule has 0 fully saturated rings. The molecular weight excluding hydrogens is 314 g/mol. The van der Waals surface area contributed by atoms with Gasteiger partial charge in [-0.05, 0) is 36.9 Å². The quantitative estimate of drug-likeness (QED) is 0.808. The van der Waals surface area contributed by atoms with Crippen LogP contribution in [-0.4, -0.2) is 31.3 Å². The fourth-order valence-electron chi connectivity index (χ4n) is 2.26. The van der Waals surface area contributed by atoms with E-state index < -0.39 is 15.1 Å². The topological polar surface area (TPSA) is 65.5 Å². The van der Waals surface area contributed by atoms with Gasteiger partial charge in [-0.1, -0.05) is 0 Å². The van der Waals surface area contributed by atoms with Crippen molar-refractivity contribution >= 4 is 32.2 Å². The van der Waals surface area contributed by atoms with Crippen LogP contribution < -0.4 is 9.47 Å². The number of fused-ring (bicyclic) bond motifs is 2. The largest absolute Gasteiger partial charge is 0.454 e. The number of alkyl halides is 1. The smallest absolute Gasteiger partial charge is 0.231 e. The number of hydrogen-bond donors (Lipinski definition) is 0. The molecule has 0 N–H and O–H groups in total. The maximum Gasteiger partial charge on any atom is 0.231 e. The van der Waals surface area contributed by atoms with E-state index in [0.29, 0.717) is 23.3 Å². The van der Waals surface area contributed by atoms with Crippen LogP contribution in [0.2, 0.25) is 0 Å². The average molecular weight is 328 g/mol. The van der Waals surface area contributed by atoms with Gasteiger partial charge in [-0.25, -0.2) is 13.4 Å². The third-order valence-electron chi connectivity index (χ3n) is 3.54. The minimum atomic E-state index is -3.54. The molecule has 1 unspecified atom stereocenters. The molecule has 0 radical (unpaired) electrons. The van der Waals surface area contributed by atoms with Crippen molar-refractivity contribution in [1.82, 2.24) is 4.98 Å². The molecule has 0 spiro atoms. The Kier molecular flexibility index (Phi) is 3.67. The summed E-state index contributed by atoms with van der Waals surface area (Å²) in [6, 6.07) is 5.19. The number of sulfone groups is 1. The molecule has 1 aromatic carbocycles. The number of rotatable bonds is 4. The van der Waals surface area contributed by atoms with Crippen LogP contribution in [0.25, 0.3) is 10.8 Å². The molecule has 1 aromatic heterocycles. The van der Waals surface area contributed by atoms with Gasteiger partial charge in [0.05, 0.1) is 5.25 Å². The first-order valence-electron chi connectivity index (χ1n) is 6.52. The Hall–Kier alpha value is -1.53. The first-order chi connectivity index (χ1) is 10.0. The van der Waals surface area contributed by atoms with E-state index in [9.17, 15) is 8.42 Å². The van der Waals surface area contributed by atoms with Crippen molar-refractivity contribution in [2.24, 2.45) is 0 Å². The highest BCUT2D eigenvalue weighted by atomic mass is 35.5. The lowest BCUT2D eigenvalue weighted by Crippen LogP contribution is -2.20. The number of aromatic nitrogens is 1. The Morgan fingerprint density at radius 1 is 1.33 bits per heavy atom. The highest BCUT2D eigenvalue weighted by Crippen LogP contribution is 2.38. The van der Waals surface area contributed by atoms with Gasteiger partial charge in [0.2, 0.25) is 6.79 Å². The zero-order chi connectivity index (χ0) is 15.0. The number of halogens is 1. The second-order valence-corrected chi connectivity index (χ2v) is 7.54. The van der Waals surface area contributed by atoms with Crippen LogP contribution >= 0.6 is 11.6 Å². The van der Waals surface area contributed by atoms with Crippen molar-refractivity contribution in [3.63, 3.8) is 0 Å². The Balaban J connectivity index is 2.19. The van der Waals surface area contributed by atoms with Gasteiger partial charge in [-0.15, -0.1) is 11.6 Å².